The number of hydrogen-bond acceptors (Lipinski definition) is 3. The molecule has 2 rings (SSSR count). The summed E-state index contributed by atoms with van der Waals surface area (Å²) in [6, 6.07) is 8.06. The van der Waals surface area contributed by atoms with Crippen LogP contribution in [0.5, 0.6) is 0 Å². The monoisotopic (exact) mass is 397 g/mol. The van der Waals surface area contributed by atoms with Gasteiger partial charge >= 0.3 is 5.97 Å². The predicted molar refractivity (Wildman–Crippen MR) is 92.6 cm³/mol. The van der Waals surface area contributed by atoms with Crippen LogP contribution in [0.4, 0.5) is 5.69 Å². The van der Waals surface area contributed by atoms with Crippen molar-refractivity contribution in [3.05, 3.63) is 57.1 Å². The third-order valence-electron chi connectivity index (χ3n) is 3.42. The number of carboxylic acid groups (broad SMARTS) is 1. The van der Waals surface area contributed by atoms with Gasteiger partial charge in [0.2, 0.25) is 0 Å². The lowest BCUT2D eigenvalue weighted by atomic mass is 10.0. The zero-order chi connectivity index (χ0) is 17.4. The molecular weight excluding hydrogens is 382 g/mol. The van der Waals surface area contributed by atoms with Crippen molar-refractivity contribution >= 4 is 37.6 Å². The Hall–Kier alpha value is -1.86. The molecule has 0 heterocycles. The average Bonchev–Trinajstić information content (AvgIpc) is 2.44. The molecule has 2 aromatic rings. The maximum atomic E-state index is 12.5. The zero-order valence-electron chi connectivity index (χ0n) is 12.8. The number of anilines is 1. The molecule has 0 spiro atoms. The average molecular weight is 398 g/mol. The van der Waals surface area contributed by atoms with Crippen LogP contribution in [0.3, 0.4) is 0 Å². The van der Waals surface area contributed by atoms with Gasteiger partial charge in [-0.05, 0) is 60.0 Å². The van der Waals surface area contributed by atoms with Crippen molar-refractivity contribution in [2.75, 3.05) is 4.72 Å². The van der Waals surface area contributed by atoms with Gasteiger partial charge in [0.1, 0.15) is 0 Å². The molecule has 0 unspecified atom stereocenters. The first-order chi connectivity index (χ1) is 10.6. The Kier molecular flexibility index (Phi) is 4.81. The Morgan fingerprint density at radius 1 is 1.09 bits per heavy atom. The van der Waals surface area contributed by atoms with E-state index in [0.717, 1.165) is 11.1 Å². The summed E-state index contributed by atoms with van der Waals surface area (Å²) in [5, 5.41) is 9.43. The second-order valence-electron chi connectivity index (χ2n) is 5.30. The van der Waals surface area contributed by atoms with Crippen LogP contribution >= 0.6 is 15.9 Å². The fourth-order valence-corrected chi connectivity index (χ4v) is 3.83. The van der Waals surface area contributed by atoms with Crippen molar-refractivity contribution in [1.82, 2.24) is 0 Å². The lowest BCUT2D eigenvalue weighted by Gasteiger charge is -2.16. The van der Waals surface area contributed by atoms with Gasteiger partial charge in [-0.25, -0.2) is 13.2 Å². The van der Waals surface area contributed by atoms with E-state index in [0.29, 0.717) is 10.0 Å². The van der Waals surface area contributed by atoms with Crippen LogP contribution in [-0.4, -0.2) is 19.5 Å². The van der Waals surface area contributed by atoms with E-state index in [2.05, 4.69) is 20.7 Å². The highest BCUT2D eigenvalue weighted by molar-refractivity contribution is 9.10. The van der Waals surface area contributed by atoms with E-state index in [-0.39, 0.29) is 16.1 Å². The topological polar surface area (TPSA) is 83.5 Å². The quantitative estimate of drug-likeness (QED) is 0.819. The molecule has 7 heteroatoms. The maximum absolute atomic E-state index is 12.5. The number of benzene rings is 2. The molecule has 0 saturated heterocycles. The Labute approximate surface area is 143 Å². The van der Waals surface area contributed by atoms with E-state index in [9.17, 15) is 18.3 Å². The highest BCUT2D eigenvalue weighted by Crippen LogP contribution is 2.33. The van der Waals surface area contributed by atoms with E-state index in [1.54, 1.807) is 32.0 Å². The molecule has 122 valence electrons. The predicted octanol–water partition coefficient (Wildman–Crippen LogP) is 3.87. The summed E-state index contributed by atoms with van der Waals surface area (Å²) in [5.74, 6) is -1.20. The largest absolute Gasteiger partial charge is 0.478 e. The summed E-state index contributed by atoms with van der Waals surface area (Å²) >= 11 is 3.22. The van der Waals surface area contributed by atoms with Crippen molar-refractivity contribution in [1.29, 1.82) is 0 Å². The summed E-state index contributed by atoms with van der Waals surface area (Å²) < 4.78 is 27.8. The van der Waals surface area contributed by atoms with Crippen LogP contribution in [0, 0.1) is 20.8 Å². The fraction of sp³-hybridized carbons (Fsp3) is 0.188. The molecule has 23 heavy (non-hydrogen) atoms. The zero-order valence-corrected chi connectivity index (χ0v) is 15.2. The Bertz CT molecular complexity index is 874. The molecule has 0 aliphatic heterocycles. The molecule has 0 amide bonds. The number of rotatable bonds is 4. The molecule has 0 radical (unpaired) electrons. The van der Waals surface area contributed by atoms with Crippen molar-refractivity contribution in [2.24, 2.45) is 0 Å². The highest BCUT2D eigenvalue weighted by Gasteiger charge is 2.23. The maximum Gasteiger partial charge on any atom is 0.339 e. The van der Waals surface area contributed by atoms with E-state index in [1.807, 2.05) is 6.92 Å². The minimum absolute atomic E-state index is 0.0653. The normalized spacial score (nSPS) is 11.3. The number of carboxylic acids is 1. The molecule has 2 aromatic carbocycles. The second-order valence-corrected chi connectivity index (χ2v) is 7.77. The number of carbonyl (C=O) groups is 1. The van der Waals surface area contributed by atoms with Crippen LogP contribution in [0.2, 0.25) is 0 Å². The van der Waals surface area contributed by atoms with Crippen molar-refractivity contribution in [3.8, 4) is 0 Å². The van der Waals surface area contributed by atoms with Gasteiger partial charge in [0, 0.05) is 4.47 Å². The summed E-state index contributed by atoms with van der Waals surface area (Å²) in [7, 11) is -3.87. The Balaban J connectivity index is 2.57. The number of sulfonamides is 1. The molecule has 0 aromatic heterocycles. The molecule has 0 aliphatic rings. The Morgan fingerprint density at radius 3 is 2.17 bits per heavy atom. The lowest BCUT2D eigenvalue weighted by Crippen LogP contribution is -2.17. The molecule has 0 bridgehead atoms. The first-order valence-corrected chi connectivity index (χ1v) is 9.03. The molecule has 5 nitrogen and oxygen atoms in total. The van der Waals surface area contributed by atoms with Crippen LogP contribution in [0.1, 0.15) is 27.0 Å². The number of aromatic carboxylic acids is 1. The van der Waals surface area contributed by atoms with E-state index >= 15 is 0 Å². The van der Waals surface area contributed by atoms with Gasteiger partial charge in [0.05, 0.1) is 16.1 Å². The number of halogens is 1. The smallest absolute Gasteiger partial charge is 0.339 e. The van der Waals surface area contributed by atoms with Gasteiger partial charge in [0.15, 0.2) is 0 Å². The molecule has 2 N–H and O–H groups in total. The molecule has 0 saturated carbocycles. The number of aryl methyl sites for hydroxylation is 3. The van der Waals surface area contributed by atoms with E-state index in [1.165, 1.54) is 12.1 Å². The van der Waals surface area contributed by atoms with Crippen molar-refractivity contribution in [3.63, 3.8) is 0 Å². The van der Waals surface area contributed by atoms with Gasteiger partial charge < -0.3 is 5.11 Å². The first-order valence-electron chi connectivity index (χ1n) is 6.76. The summed E-state index contributed by atoms with van der Waals surface area (Å²) in [6.07, 6.45) is 0. The van der Waals surface area contributed by atoms with E-state index in [4.69, 9.17) is 0 Å². The molecule has 0 fully saturated rings. The Morgan fingerprint density at radius 2 is 1.65 bits per heavy atom. The summed E-state index contributed by atoms with van der Waals surface area (Å²) in [6.45, 7) is 5.27. The third-order valence-corrected chi connectivity index (χ3v) is 5.81. The van der Waals surface area contributed by atoms with Gasteiger partial charge in [-0.1, -0.05) is 23.8 Å². The minimum atomic E-state index is -3.87. The van der Waals surface area contributed by atoms with Crippen molar-refractivity contribution < 1.29 is 18.3 Å². The standard InChI is InChI=1S/C16H16BrNO4S/c1-9-4-6-12(7-5-9)23(21,22)18-15-11(3)8-10(2)14(17)13(15)16(19)20/h4-8,18H,1-3H3,(H,19,20). The van der Waals surface area contributed by atoms with Crippen LogP contribution in [-0.2, 0) is 10.0 Å². The highest BCUT2D eigenvalue weighted by atomic mass is 79.9. The summed E-state index contributed by atoms with van der Waals surface area (Å²) in [5.41, 5.74) is 2.16. The number of nitrogens with one attached hydrogen (secondary N) is 1. The van der Waals surface area contributed by atoms with Gasteiger partial charge in [-0.2, -0.15) is 0 Å². The second kappa shape index (κ2) is 6.33. The van der Waals surface area contributed by atoms with Gasteiger partial charge in [-0.3, -0.25) is 4.72 Å². The summed E-state index contributed by atoms with van der Waals surface area (Å²) in [4.78, 5) is 11.6. The fourth-order valence-electron chi connectivity index (χ4n) is 2.21. The molecule has 0 aliphatic carbocycles. The lowest BCUT2D eigenvalue weighted by molar-refractivity contribution is 0.0697. The number of hydrogen-bond donors (Lipinski definition) is 2. The first kappa shape index (κ1) is 17.5. The van der Waals surface area contributed by atoms with Gasteiger partial charge in [-0.15, -0.1) is 0 Å². The van der Waals surface area contributed by atoms with Crippen LogP contribution in [0.15, 0.2) is 39.7 Å². The van der Waals surface area contributed by atoms with Crippen LogP contribution < -0.4 is 4.72 Å². The molecular formula is C16H16BrNO4S. The van der Waals surface area contributed by atoms with Crippen molar-refractivity contribution in [2.45, 2.75) is 25.7 Å². The SMILES string of the molecule is Cc1ccc(S(=O)(=O)Nc2c(C)cc(C)c(Br)c2C(=O)O)cc1. The third kappa shape index (κ3) is 3.56. The van der Waals surface area contributed by atoms with Crippen LogP contribution in [0.25, 0.3) is 0 Å². The molecule has 0 atom stereocenters. The van der Waals surface area contributed by atoms with Gasteiger partial charge in [0.25, 0.3) is 10.0 Å². The minimum Gasteiger partial charge on any atom is -0.478 e. The van der Waals surface area contributed by atoms with E-state index < -0.39 is 16.0 Å².